The first-order valence-corrected chi connectivity index (χ1v) is 11.7. The molecule has 0 unspecified atom stereocenters. The normalized spacial score (nSPS) is 10.6. The molecule has 9 nitrogen and oxygen atoms in total. The molecule has 0 spiro atoms. The minimum atomic E-state index is -0.460. The summed E-state index contributed by atoms with van der Waals surface area (Å²) < 4.78 is 5.80. The molecule has 0 atom stereocenters. The summed E-state index contributed by atoms with van der Waals surface area (Å²) >= 11 is 0. The third-order valence-electron chi connectivity index (χ3n) is 5.48. The fourth-order valence-corrected chi connectivity index (χ4v) is 3.63. The predicted octanol–water partition coefficient (Wildman–Crippen LogP) is 5.12. The number of hydrazone groups is 1. The number of hydrogen-bond acceptors (Lipinski definition) is 6. The number of hydrogen-bond donors (Lipinski definition) is 2. The van der Waals surface area contributed by atoms with Crippen molar-refractivity contribution in [3.63, 3.8) is 0 Å². The highest BCUT2D eigenvalue weighted by Crippen LogP contribution is 2.22. The number of anilines is 1. The van der Waals surface area contributed by atoms with E-state index in [4.69, 9.17) is 4.74 Å². The van der Waals surface area contributed by atoms with Gasteiger partial charge >= 0.3 is 0 Å². The van der Waals surface area contributed by atoms with Crippen molar-refractivity contribution in [3.8, 4) is 5.75 Å². The number of nitrogens with zero attached hydrogens (tertiary/aromatic N) is 2. The van der Waals surface area contributed by atoms with Crippen molar-refractivity contribution in [3.05, 3.63) is 135 Å². The van der Waals surface area contributed by atoms with E-state index in [0.29, 0.717) is 28.1 Å². The van der Waals surface area contributed by atoms with Gasteiger partial charge in [0.25, 0.3) is 11.6 Å². The van der Waals surface area contributed by atoms with Gasteiger partial charge in [-0.3, -0.25) is 19.7 Å². The Morgan fingerprint density at radius 1 is 0.895 bits per heavy atom. The van der Waals surface area contributed by atoms with Gasteiger partial charge in [0.15, 0.2) is 0 Å². The monoisotopic (exact) mass is 508 g/mol. The molecular formula is C29H24N4O5. The van der Waals surface area contributed by atoms with E-state index in [1.807, 2.05) is 30.3 Å². The van der Waals surface area contributed by atoms with Gasteiger partial charge in [0.1, 0.15) is 12.4 Å². The molecule has 0 fully saturated rings. The average molecular weight is 509 g/mol. The second kappa shape index (κ2) is 12.6. The minimum absolute atomic E-state index is 0.00283. The van der Waals surface area contributed by atoms with Crippen molar-refractivity contribution in [2.24, 2.45) is 5.10 Å². The molecule has 4 rings (SSSR count). The van der Waals surface area contributed by atoms with Crippen molar-refractivity contribution < 1.29 is 19.2 Å². The van der Waals surface area contributed by atoms with Crippen molar-refractivity contribution in [1.82, 2.24) is 5.43 Å². The lowest BCUT2D eigenvalue weighted by Crippen LogP contribution is -2.19. The lowest BCUT2D eigenvalue weighted by atomic mass is 10.1. The quantitative estimate of drug-likeness (QED) is 0.175. The zero-order chi connectivity index (χ0) is 26.7. The van der Waals surface area contributed by atoms with Gasteiger partial charge in [-0.2, -0.15) is 5.10 Å². The van der Waals surface area contributed by atoms with E-state index in [-0.39, 0.29) is 24.6 Å². The first kappa shape index (κ1) is 25.8. The Balaban J connectivity index is 1.36. The van der Waals surface area contributed by atoms with E-state index >= 15 is 0 Å². The Hall–Kier alpha value is -5.31. The molecule has 0 aromatic heterocycles. The number of amides is 2. The van der Waals surface area contributed by atoms with Gasteiger partial charge in [0.05, 0.1) is 23.1 Å². The van der Waals surface area contributed by atoms with Gasteiger partial charge in [-0.1, -0.05) is 60.7 Å². The van der Waals surface area contributed by atoms with Crippen molar-refractivity contribution in [2.45, 2.75) is 13.0 Å². The van der Waals surface area contributed by atoms with Gasteiger partial charge < -0.3 is 10.1 Å². The van der Waals surface area contributed by atoms with Crippen LogP contribution in [0.15, 0.2) is 108 Å². The number of carbonyl (C=O) groups excluding carboxylic acids is 2. The summed E-state index contributed by atoms with van der Waals surface area (Å²) in [5.74, 6) is -0.199. The standard InChI is InChI=1S/C29H24N4O5/c34-28(17-21-9-2-1-3-10-21)31-25-14-8-13-22(18-25)29(35)32-30-19-23-11-5-7-16-27(23)38-20-24-12-4-6-15-26(24)33(36)37/h1-16,18-19H,17,20H2,(H,31,34)(H,32,35)/b30-19+. The maximum atomic E-state index is 12.6. The van der Waals surface area contributed by atoms with E-state index in [9.17, 15) is 19.7 Å². The molecule has 4 aromatic rings. The van der Waals surface area contributed by atoms with E-state index in [0.717, 1.165) is 5.56 Å². The number of para-hydroxylation sites is 2. The second-order valence-corrected chi connectivity index (χ2v) is 8.20. The van der Waals surface area contributed by atoms with E-state index in [2.05, 4.69) is 15.8 Å². The highest BCUT2D eigenvalue weighted by atomic mass is 16.6. The zero-order valence-electron chi connectivity index (χ0n) is 20.2. The molecule has 0 aliphatic heterocycles. The molecule has 9 heteroatoms. The van der Waals surface area contributed by atoms with Gasteiger partial charge in [-0.15, -0.1) is 0 Å². The predicted molar refractivity (Wildman–Crippen MR) is 144 cm³/mol. The van der Waals surface area contributed by atoms with Crippen LogP contribution >= 0.6 is 0 Å². The van der Waals surface area contributed by atoms with Crippen LogP contribution in [0, 0.1) is 10.1 Å². The second-order valence-electron chi connectivity index (χ2n) is 8.20. The molecule has 4 aromatic carbocycles. The number of nitro benzene ring substituents is 1. The summed E-state index contributed by atoms with van der Waals surface area (Å²) in [5, 5.41) is 18.1. The number of nitro groups is 1. The van der Waals surface area contributed by atoms with Crippen LogP contribution in [0.25, 0.3) is 0 Å². The Labute approximate surface area is 218 Å². The smallest absolute Gasteiger partial charge is 0.276 e. The Bertz CT molecular complexity index is 1470. The van der Waals surface area contributed by atoms with Crippen LogP contribution in [0.2, 0.25) is 0 Å². The molecule has 2 amide bonds. The third kappa shape index (κ3) is 7.11. The van der Waals surface area contributed by atoms with E-state index < -0.39 is 10.8 Å². The molecule has 0 heterocycles. The van der Waals surface area contributed by atoms with Gasteiger partial charge in [0.2, 0.25) is 5.91 Å². The van der Waals surface area contributed by atoms with Crippen LogP contribution in [0.1, 0.15) is 27.0 Å². The molecule has 0 saturated carbocycles. The summed E-state index contributed by atoms with van der Waals surface area (Å²) in [5.41, 5.74) is 5.16. The summed E-state index contributed by atoms with van der Waals surface area (Å²) in [4.78, 5) is 35.8. The molecule has 38 heavy (non-hydrogen) atoms. The number of rotatable bonds is 10. The maximum Gasteiger partial charge on any atom is 0.276 e. The number of carbonyl (C=O) groups is 2. The molecule has 0 saturated heterocycles. The minimum Gasteiger partial charge on any atom is -0.488 e. The number of nitrogens with one attached hydrogen (secondary N) is 2. The van der Waals surface area contributed by atoms with Gasteiger partial charge in [0, 0.05) is 22.9 Å². The van der Waals surface area contributed by atoms with Crippen LogP contribution in [-0.2, 0) is 17.8 Å². The fourth-order valence-electron chi connectivity index (χ4n) is 3.63. The first-order valence-electron chi connectivity index (χ1n) is 11.7. The lowest BCUT2D eigenvalue weighted by molar-refractivity contribution is -0.385. The average Bonchev–Trinajstić information content (AvgIpc) is 2.93. The highest BCUT2D eigenvalue weighted by molar-refractivity contribution is 5.98. The maximum absolute atomic E-state index is 12.6. The van der Waals surface area contributed by atoms with Crippen LogP contribution in [0.5, 0.6) is 5.75 Å². The molecular weight excluding hydrogens is 484 g/mol. The summed E-state index contributed by atoms with van der Waals surface area (Å²) in [6.07, 6.45) is 1.65. The Kier molecular flexibility index (Phi) is 8.54. The summed E-state index contributed by atoms with van der Waals surface area (Å²) in [6.45, 7) is -0.00283. The SMILES string of the molecule is O=C(Cc1ccccc1)Nc1cccc(C(=O)N/N=C/c2ccccc2OCc2ccccc2[N+](=O)[O-])c1. The number of ether oxygens (including phenoxy) is 1. The van der Waals surface area contributed by atoms with Crippen LogP contribution < -0.4 is 15.5 Å². The van der Waals surface area contributed by atoms with Gasteiger partial charge in [-0.25, -0.2) is 5.43 Å². The summed E-state index contributed by atoms with van der Waals surface area (Å²) in [7, 11) is 0. The molecule has 0 radical (unpaired) electrons. The van der Waals surface area contributed by atoms with Crippen molar-refractivity contribution in [2.75, 3.05) is 5.32 Å². The summed E-state index contributed by atoms with van der Waals surface area (Å²) in [6, 6.07) is 29.3. The molecule has 190 valence electrons. The highest BCUT2D eigenvalue weighted by Gasteiger charge is 2.13. The van der Waals surface area contributed by atoms with Crippen molar-refractivity contribution in [1.29, 1.82) is 0 Å². The van der Waals surface area contributed by atoms with E-state index in [1.165, 1.54) is 12.3 Å². The fraction of sp³-hybridized carbons (Fsp3) is 0.0690. The lowest BCUT2D eigenvalue weighted by Gasteiger charge is -2.09. The third-order valence-corrected chi connectivity index (χ3v) is 5.48. The molecule has 2 N–H and O–H groups in total. The van der Waals surface area contributed by atoms with Crippen LogP contribution in [-0.4, -0.2) is 23.0 Å². The Morgan fingerprint density at radius 3 is 2.45 bits per heavy atom. The molecule has 0 bridgehead atoms. The van der Waals surface area contributed by atoms with Gasteiger partial charge in [-0.05, 0) is 42.0 Å². The van der Waals surface area contributed by atoms with Crippen molar-refractivity contribution >= 4 is 29.4 Å². The Morgan fingerprint density at radius 2 is 1.63 bits per heavy atom. The van der Waals surface area contributed by atoms with E-state index in [1.54, 1.807) is 66.7 Å². The molecule has 0 aliphatic rings. The topological polar surface area (TPSA) is 123 Å². The largest absolute Gasteiger partial charge is 0.488 e. The number of benzene rings is 4. The first-order chi connectivity index (χ1) is 18.5. The van der Waals surface area contributed by atoms with Crippen LogP contribution in [0.3, 0.4) is 0 Å². The molecule has 0 aliphatic carbocycles. The van der Waals surface area contributed by atoms with Crippen LogP contribution in [0.4, 0.5) is 11.4 Å². The zero-order valence-corrected chi connectivity index (χ0v) is 20.2.